The molecule has 0 bridgehead atoms. The van der Waals surface area contributed by atoms with Crippen molar-refractivity contribution < 1.29 is 9.53 Å². The number of ether oxygens (including phenoxy) is 1. The first-order chi connectivity index (χ1) is 7.87. The zero-order chi connectivity index (χ0) is 12.9. The highest BCUT2D eigenvalue weighted by Crippen LogP contribution is 2.13. The summed E-state index contributed by atoms with van der Waals surface area (Å²) < 4.78 is 5.13. The summed E-state index contributed by atoms with van der Waals surface area (Å²) in [4.78, 5) is 11.4. The van der Waals surface area contributed by atoms with E-state index in [1.807, 2.05) is 26.0 Å². The Morgan fingerprint density at radius 2 is 2.18 bits per heavy atom. The van der Waals surface area contributed by atoms with Gasteiger partial charge in [-0.15, -0.1) is 0 Å². The molecule has 0 atom stereocenters. The molecule has 94 valence electrons. The number of hydrogen-bond acceptors (Lipinski definition) is 3. The molecule has 0 saturated carbocycles. The normalized spacial score (nSPS) is 11.3. The minimum absolute atomic E-state index is 0.233. The van der Waals surface area contributed by atoms with Crippen LogP contribution in [0.5, 0.6) is 0 Å². The largest absolute Gasteiger partial charge is 0.461 e. The molecule has 0 aliphatic carbocycles. The molecule has 3 nitrogen and oxygen atoms in total. The average molecular weight is 256 g/mol. The Labute approximate surface area is 107 Å². The lowest BCUT2D eigenvalue weighted by molar-refractivity contribution is -0.145. The van der Waals surface area contributed by atoms with Gasteiger partial charge in [-0.1, -0.05) is 23.7 Å². The highest BCUT2D eigenvalue weighted by Gasteiger charge is 2.13. The summed E-state index contributed by atoms with van der Waals surface area (Å²) >= 11 is 5.82. The maximum absolute atomic E-state index is 11.4. The number of nitrogens with two attached hydrogens (primary N) is 1. The number of hydrogen-bond donors (Lipinski definition) is 1. The van der Waals surface area contributed by atoms with Crippen LogP contribution in [-0.4, -0.2) is 11.5 Å². The summed E-state index contributed by atoms with van der Waals surface area (Å²) in [5.41, 5.74) is 6.33. The zero-order valence-corrected chi connectivity index (χ0v) is 11.0. The van der Waals surface area contributed by atoms with E-state index in [9.17, 15) is 4.79 Å². The van der Waals surface area contributed by atoms with E-state index < -0.39 is 0 Å². The van der Waals surface area contributed by atoms with Crippen LogP contribution in [0.15, 0.2) is 24.3 Å². The molecule has 0 aliphatic rings. The lowest BCUT2D eigenvalue weighted by Crippen LogP contribution is -2.32. The van der Waals surface area contributed by atoms with Crippen molar-refractivity contribution >= 4 is 17.6 Å². The Morgan fingerprint density at radius 3 is 2.76 bits per heavy atom. The second-order valence-corrected chi connectivity index (χ2v) is 5.22. The van der Waals surface area contributed by atoms with Gasteiger partial charge in [0.25, 0.3) is 0 Å². The van der Waals surface area contributed by atoms with Gasteiger partial charge in [-0.3, -0.25) is 4.79 Å². The van der Waals surface area contributed by atoms with Crippen molar-refractivity contribution in [2.75, 3.05) is 0 Å². The molecule has 0 unspecified atom stereocenters. The summed E-state index contributed by atoms with van der Waals surface area (Å²) in [6.07, 6.45) is 0.950. The van der Waals surface area contributed by atoms with Gasteiger partial charge in [0.1, 0.15) is 6.61 Å². The maximum atomic E-state index is 11.4. The molecule has 0 radical (unpaired) electrons. The highest BCUT2D eigenvalue weighted by molar-refractivity contribution is 6.30. The molecule has 17 heavy (non-hydrogen) atoms. The Hall–Kier alpha value is -1.06. The number of benzene rings is 1. The van der Waals surface area contributed by atoms with Crippen LogP contribution in [0.25, 0.3) is 0 Å². The quantitative estimate of drug-likeness (QED) is 0.823. The molecule has 0 saturated heterocycles. The lowest BCUT2D eigenvalue weighted by atomic mass is 10.0. The summed E-state index contributed by atoms with van der Waals surface area (Å²) in [5, 5.41) is 0.640. The van der Waals surface area contributed by atoms with Gasteiger partial charge in [-0.05, 0) is 38.0 Å². The predicted octanol–water partition coefficient (Wildman–Crippen LogP) is 2.90. The van der Waals surface area contributed by atoms with Gasteiger partial charge in [0.05, 0.1) is 0 Å². The zero-order valence-electron chi connectivity index (χ0n) is 10.2. The van der Waals surface area contributed by atoms with Crippen molar-refractivity contribution in [2.24, 2.45) is 5.73 Å². The van der Waals surface area contributed by atoms with Gasteiger partial charge < -0.3 is 10.5 Å². The second kappa shape index (κ2) is 6.03. The summed E-state index contributed by atoms with van der Waals surface area (Å²) in [7, 11) is 0. The first kappa shape index (κ1) is 14.0. The summed E-state index contributed by atoms with van der Waals surface area (Å²) in [6.45, 7) is 4.03. The van der Waals surface area contributed by atoms with Gasteiger partial charge in [0.15, 0.2) is 0 Å². The molecular formula is C13H18ClNO2. The van der Waals surface area contributed by atoms with Crippen molar-refractivity contribution in [3.63, 3.8) is 0 Å². The second-order valence-electron chi connectivity index (χ2n) is 4.78. The van der Waals surface area contributed by atoms with Crippen molar-refractivity contribution in [1.29, 1.82) is 0 Å². The smallest absolute Gasteiger partial charge is 0.306 e. The highest BCUT2D eigenvalue weighted by atomic mass is 35.5. The third-order valence-electron chi connectivity index (χ3n) is 2.26. The molecule has 2 N–H and O–H groups in total. The van der Waals surface area contributed by atoms with E-state index in [1.165, 1.54) is 0 Å². The van der Waals surface area contributed by atoms with Crippen LogP contribution in [0.2, 0.25) is 5.02 Å². The van der Waals surface area contributed by atoms with Crippen LogP contribution in [-0.2, 0) is 16.1 Å². The van der Waals surface area contributed by atoms with Crippen molar-refractivity contribution in [3.05, 3.63) is 34.9 Å². The molecular weight excluding hydrogens is 238 g/mol. The number of carbonyl (C=O) groups excluding carboxylic acids is 1. The number of carbonyl (C=O) groups is 1. The summed E-state index contributed by atoms with van der Waals surface area (Å²) in [5.74, 6) is -0.233. The number of esters is 1. The van der Waals surface area contributed by atoms with Crippen LogP contribution < -0.4 is 5.73 Å². The van der Waals surface area contributed by atoms with E-state index in [-0.39, 0.29) is 18.1 Å². The van der Waals surface area contributed by atoms with Crippen LogP contribution in [0.1, 0.15) is 32.3 Å². The van der Waals surface area contributed by atoms with Crippen LogP contribution >= 0.6 is 11.6 Å². The monoisotopic (exact) mass is 255 g/mol. The van der Waals surface area contributed by atoms with Gasteiger partial charge in [0, 0.05) is 17.0 Å². The maximum Gasteiger partial charge on any atom is 0.306 e. The van der Waals surface area contributed by atoms with Gasteiger partial charge in [-0.25, -0.2) is 0 Å². The molecule has 1 aromatic carbocycles. The molecule has 4 heteroatoms. The van der Waals surface area contributed by atoms with Gasteiger partial charge >= 0.3 is 5.97 Å². The number of rotatable bonds is 5. The third kappa shape index (κ3) is 6.29. The molecule has 0 heterocycles. The van der Waals surface area contributed by atoms with E-state index in [0.29, 0.717) is 17.9 Å². The van der Waals surface area contributed by atoms with E-state index in [0.717, 1.165) is 5.56 Å². The molecule has 1 aromatic rings. The van der Waals surface area contributed by atoms with Crippen molar-refractivity contribution in [3.8, 4) is 0 Å². The molecule has 0 aromatic heterocycles. The predicted molar refractivity (Wildman–Crippen MR) is 68.7 cm³/mol. The van der Waals surface area contributed by atoms with E-state index in [1.54, 1.807) is 12.1 Å². The third-order valence-corrected chi connectivity index (χ3v) is 2.50. The van der Waals surface area contributed by atoms with Gasteiger partial charge in [-0.2, -0.15) is 0 Å². The summed E-state index contributed by atoms with van der Waals surface area (Å²) in [6, 6.07) is 7.26. The van der Waals surface area contributed by atoms with Crippen LogP contribution in [0.3, 0.4) is 0 Å². The molecule has 0 fully saturated rings. The molecule has 0 aliphatic heterocycles. The molecule has 0 amide bonds. The van der Waals surface area contributed by atoms with Crippen LogP contribution in [0, 0.1) is 0 Å². The van der Waals surface area contributed by atoms with Crippen molar-refractivity contribution in [1.82, 2.24) is 0 Å². The fraction of sp³-hybridized carbons (Fsp3) is 0.462. The first-order valence-corrected chi connectivity index (χ1v) is 5.93. The Bertz CT molecular complexity index is 385. The van der Waals surface area contributed by atoms with E-state index in [2.05, 4.69) is 0 Å². The Balaban J connectivity index is 2.33. The fourth-order valence-electron chi connectivity index (χ4n) is 1.29. The Kier molecular flexibility index (Phi) is 4.97. The number of halogens is 1. The Morgan fingerprint density at radius 1 is 1.47 bits per heavy atom. The first-order valence-electron chi connectivity index (χ1n) is 5.56. The minimum Gasteiger partial charge on any atom is -0.461 e. The minimum atomic E-state index is -0.338. The molecule has 1 rings (SSSR count). The average Bonchev–Trinajstić information content (AvgIpc) is 2.23. The topological polar surface area (TPSA) is 52.3 Å². The van der Waals surface area contributed by atoms with Gasteiger partial charge in [0.2, 0.25) is 0 Å². The standard InChI is InChI=1S/C13H18ClNO2/c1-13(2,15)7-6-12(16)17-9-10-4-3-5-11(14)8-10/h3-5,8H,6-7,9,15H2,1-2H3. The SMILES string of the molecule is CC(C)(N)CCC(=O)OCc1cccc(Cl)c1. The van der Waals surface area contributed by atoms with Crippen molar-refractivity contribution in [2.45, 2.75) is 38.8 Å². The molecule has 0 spiro atoms. The van der Waals surface area contributed by atoms with E-state index >= 15 is 0 Å². The van der Waals surface area contributed by atoms with E-state index in [4.69, 9.17) is 22.1 Å². The van der Waals surface area contributed by atoms with Crippen LogP contribution in [0.4, 0.5) is 0 Å². The lowest BCUT2D eigenvalue weighted by Gasteiger charge is -2.17. The fourth-order valence-corrected chi connectivity index (χ4v) is 1.50.